The number of aliphatic hydroxyl groups excluding tert-OH is 1. The first-order valence-electron chi connectivity index (χ1n) is 5.90. The number of aryl methyl sites for hydroxylation is 2. The number of hydrogen-bond donors (Lipinski definition) is 1. The van der Waals surface area contributed by atoms with Crippen LogP contribution in [0.5, 0.6) is 0 Å². The van der Waals surface area contributed by atoms with E-state index < -0.39 is 0 Å². The van der Waals surface area contributed by atoms with Gasteiger partial charge in [-0.05, 0) is 32.7 Å². The summed E-state index contributed by atoms with van der Waals surface area (Å²) in [6.07, 6.45) is 1.16. The van der Waals surface area contributed by atoms with Gasteiger partial charge in [-0.25, -0.2) is 0 Å². The van der Waals surface area contributed by atoms with Crippen molar-refractivity contribution < 1.29 is 9.63 Å². The Balaban J connectivity index is 2.10. The van der Waals surface area contributed by atoms with E-state index in [2.05, 4.69) is 17.0 Å². The third-order valence-electron chi connectivity index (χ3n) is 3.73. The summed E-state index contributed by atoms with van der Waals surface area (Å²) in [5.74, 6) is 1.47. The molecule has 1 aliphatic heterocycles. The fourth-order valence-corrected chi connectivity index (χ4v) is 2.51. The predicted octanol–water partition coefficient (Wildman–Crippen LogP) is 1.49. The summed E-state index contributed by atoms with van der Waals surface area (Å²) in [7, 11) is 0. The minimum Gasteiger partial charge on any atom is -0.395 e. The molecule has 2 unspecified atom stereocenters. The number of likely N-dealkylation sites (tertiary alicyclic amines) is 1. The molecule has 0 aromatic carbocycles. The average Bonchev–Trinajstić information content (AvgIpc) is 2.76. The van der Waals surface area contributed by atoms with Crippen LogP contribution in [0.3, 0.4) is 0 Å². The maximum atomic E-state index is 9.39. The summed E-state index contributed by atoms with van der Waals surface area (Å²) < 4.78 is 5.16. The summed E-state index contributed by atoms with van der Waals surface area (Å²) in [6, 6.07) is 0.286. The van der Waals surface area contributed by atoms with Crippen molar-refractivity contribution in [1.82, 2.24) is 10.1 Å². The molecule has 1 aromatic heterocycles. The highest BCUT2D eigenvalue weighted by Crippen LogP contribution is 2.26. The van der Waals surface area contributed by atoms with Crippen molar-refractivity contribution in [1.29, 1.82) is 0 Å². The number of hydrogen-bond acceptors (Lipinski definition) is 4. The van der Waals surface area contributed by atoms with Crippen LogP contribution in [0.4, 0.5) is 0 Å². The van der Waals surface area contributed by atoms with Crippen LogP contribution < -0.4 is 0 Å². The Hall–Kier alpha value is -0.870. The molecule has 0 amide bonds. The summed E-state index contributed by atoms with van der Waals surface area (Å²) in [4.78, 5) is 2.33. The third-order valence-corrected chi connectivity index (χ3v) is 3.73. The Bertz CT molecular complexity index is 342. The molecule has 1 fully saturated rings. The van der Waals surface area contributed by atoms with Gasteiger partial charge in [0.05, 0.1) is 12.3 Å². The van der Waals surface area contributed by atoms with E-state index in [0.29, 0.717) is 5.92 Å². The van der Waals surface area contributed by atoms with Crippen LogP contribution in [-0.4, -0.2) is 34.4 Å². The largest absolute Gasteiger partial charge is 0.395 e. The van der Waals surface area contributed by atoms with Crippen molar-refractivity contribution in [2.75, 3.05) is 13.2 Å². The highest BCUT2D eigenvalue weighted by Gasteiger charge is 2.31. The Labute approximate surface area is 96.2 Å². The second-order valence-electron chi connectivity index (χ2n) is 4.79. The van der Waals surface area contributed by atoms with Crippen molar-refractivity contribution in [3.8, 4) is 0 Å². The second kappa shape index (κ2) is 4.55. The molecule has 0 bridgehead atoms. The number of aliphatic hydroxyl groups is 1. The lowest BCUT2D eigenvalue weighted by molar-refractivity contribution is 0.133. The third kappa shape index (κ3) is 1.99. The van der Waals surface area contributed by atoms with E-state index in [1.165, 1.54) is 5.56 Å². The zero-order valence-corrected chi connectivity index (χ0v) is 10.2. The Morgan fingerprint density at radius 2 is 2.25 bits per heavy atom. The van der Waals surface area contributed by atoms with Gasteiger partial charge in [0.25, 0.3) is 0 Å². The molecule has 4 heteroatoms. The molecule has 2 atom stereocenters. The molecule has 1 N–H and O–H groups in total. The van der Waals surface area contributed by atoms with Crippen LogP contribution in [0.25, 0.3) is 0 Å². The lowest BCUT2D eigenvalue weighted by Crippen LogP contribution is -2.34. The number of aromatic nitrogens is 1. The SMILES string of the molecule is Cc1noc(C)c1CN1CCC(C)C1CO. The van der Waals surface area contributed by atoms with Crippen LogP contribution in [0, 0.1) is 19.8 Å². The molecule has 90 valence electrons. The molecule has 0 aliphatic carbocycles. The van der Waals surface area contributed by atoms with E-state index in [1.54, 1.807) is 0 Å². The summed E-state index contributed by atoms with van der Waals surface area (Å²) in [5.41, 5.74) is 2.14. The smallest absolute Gasteiger partial charge is 0.138 e. The summed E-state index contributed by atoms with van der Waals surface area (Å²) in [6.45, 7) is 8.26. The molecular weight excluding hydrogens is 204 g/mol. The van der Waals surface area contributed by atoms with Gasteiger partial charge in [0, 0.05) is 18.2 Å². The fourth-order valence-electron chi connectivity index (χ4n) is 2.51. The van der Waals surface area contributed by atoms with Crippen LogP contribution in [-0.2, 0) is 6.54 Å². The molecule has 0 saturated carbocycles. The van der Waals surface area contributed by atoms with E-state index in [0.717, 1.165) is 31.0 Å². The summed E-state index contributed by atoms with van der Waals surface area (Å²) in [5, 5.41) is 13.4. The second-order valence-corrected chi connectivity index (χ2v) is 4.79. The number of nitrogens with zero attached hydrogens (tertiary/aromatic N) is 2. The van der Waals surface area contributed by atoms with Gasteiger partial charge in [0.2, 0.25) is 0 Å². The Morgan fingerprint density at radius 3 is 2.81 bits per heavy atom. The maximum absolute atomic E-state index is 9.39. The van der Waals surface area contributed by atoms with Crippen LogP contribution in [0.1, 0.15) is 30.4 Å². The molecule has 0 radical (unpaired) electrons. The van der Waals surface area contributed by atoms with Crippen molar-refractivity contribution >= 4 is 0 Å². The average molecular weight is 224 g/mol. The molecular formula is C12H20N2O2. The van der Waals surface area contributed by atoms with Crippen molar-refractivity contribution in [2.24, 2.45) is 5.92 Å². The highest BCUT2D eigenvalue weighted by atomic mass is 16.5. The van der Waals surface area contributed by atoms with E-state index >= 15 is 0 Å². The zero-order chi connectivity index (χ0) is 11.7. The lowest BCUT2D eigenvalue weighted by atomic mass is 10.0. The highest BCUT2D eigenvalue weighted by molar-refractivity contribution is 5.20. The molecule has 1 aliphatic rings. The standard InChI is InChI=1S/C12H20N2O2/c1-8-4-5-14(12(8)7-15)6-11-9(2)13-16-10(11)3/h8,12,15H,4-7H2,1-3H3. The summed E-state index contributed by atoms with van der Waals surface area (Å²) >= 11 is 0. The first-order valence-corrected chi connectivity index (χ1v) is 5.90. The first kappa shape index (κ1) is 11.6. The maximum Gasteiger partial charge on any atom is 0.138 e. The number of rotatable bonds is 3. The monoisotopic (exact) mass is 224 g/mol. The quantitative estimate of drug-likeness (QED) is 0.845. The van der Waals surface area contributed by atoms with Gasteiger partial charge in [-0.3, -0.25) is 4.90 Å². The van der Waals surface area contributed by atoms with Gasteiger partial charge in [0.15, 0.2) is 0 Å². The molecule has 4 nitrogen and oxygen atoms in total. The molecule has 2 heterocycles. The molecule has 0 spiro atoms. The molecule has 1 saturated heterocycles. The van der Waals surface area contributed by atoms with E-state index in [4.69, 9.17) is 4.52 Å². The normalized spacial score (nSPS) is 26.5. The van der Waals surface area contributed by atoms with Crippen LogP contribution >= 0.6 is 0 Å². The lowest BCUT2D eigenvalue weighted by Gasteiger charge is -2.24. The zero-order valence-electron chi connectivity index (χ0n) is 10.2. The van der Waals surface area contributed by atoms with E-state index in [9.17, 15) is 5.11 Å². The van der Waals surface area contributed by atoms with Crippen LogP contribution in [0.2, 0.25) is 0 Å². The predicted molar refractivity (Wildman–Crippen MR) is 61.0 cm³/mol. The van der Waals surface area contributed by atoms with Crippen LogP contribution in [0.15, 0.2) is 4.52 Å². The minimum absolute atomic E-state index is 0.241. The van der Waals surface area contributed by atoms with Gasteiger partial charge in [-0.2, -0.15) is 0 Å². The van der Waals surface area contributed by atoms with Crippen molar-refractivity contribution in [2.45, 2.75) is 39.8 Å². The van der Waals surface area contributed by atoms with E-state index in [-0.39, 0.29) is 12.6 Å². The van der Waals surface area contributed by atoms with Gasteiger partial charge in [-0.15, -0.1) is 0 Å². The topological polar surface area (TPSA) is 49.5 Å². The van der Waals surface area contributed by atoms with Gasteiger partial charge in [0.1, 0.15) is 5.76 Å². The minimum atomic E-state index is 0.241. The van der Waals surface area contributed by atoms with Gasteiger partial charge in [-0.1, -0.05) is 12.1 Å². The van der Waals surface area contributed by atoms with Crippen molar-refractivity contribution in [3.05, 3.63) is 17.0 Å². The first-order chi connectivity index (χ1) is 7.63. The fraction of sp³-hybridized carbons (Fsp3) is 0.750. The van der Waals surface area contributed by atoms with E-state index in [1.807, 2.05) is 13.8 Å². The molecule has 1 aromatic rings. The Morgan fingerprint density at radius 1 is 1.50 bits per heavy atom. The molecule has 16 heavy (non-hydrogen) atoms. The van der Waals surface area contributed by atoms with Crippen molar-refractivity contribution in [3.63, 3.8) is 0 Å². The molecule has 2 rings (SSSR count). The van der Waals surface area contributed by atoms with Gasteiger partial charge >= 0.3 is 0 Å². The Kier molecular flexibility index (Phi) is 3.30. The van der Waals surface area contributed by atoms with Gasteiger partial charge < -0.3 is 9.63 Å².